The Labute approximate surface area is 138 Å². The maximum atomic E-state index is 12.1. The molecule has 2 heterocycles. The van der Waals surface area contributed by atoms with Crippen LogP contribution in [0.1, 0.15) is 44.9 Å². The Kier molecular flexibility index (Phi) is 5.16. The van der Waals surface area contributed by atoms with E-state index in [1.807, 2.05) is 18.2 Å². The van der Waals surface area contributed by atoms with Gasteiger partial charge in [0.1, 0.15) is 5.82 Å². The smallest absolute Gasteiger partial charge is 0.220 e. The number of pyridine rings is 1. The third kappa shape index (κ3) is 4.44. The topological polar surface area (TPSA) is 65.5 Å². The fourth-order valence-electron chi connectivity index (χ4n) is 3.80. The molecule has 0 aromatic carbocycles. The normalized spacial score (nSPS) is 25.5. The molecular weight excluding hydrogens is 290 g/mol. The summed E-state index contributed by atoms with van der Waals surface area (Å²) < 4.78 is 0. The maximum absolute atomic E-state index is 12.1. The number of nitrogens with one attached hydrogen (secondary N) is 1. The van der Waals surface area contributed by atoms with Crippen molar-refractivity contribution in [2.45, 2.75) is 50.5 Å². The van der Waals surface area contributed by atoms with Crippen LogP contribution >= 0.6 is 0 Å². The fraction of sp³-hybridized carbons (Fsp3) is 0.667. The third-order valence-electron chi connectivity index (χ3n) is 5.09. The van der Waals surface area contributed by atoms with Gasteiger partial charge in [0.05, 0.1) is 5.60 Å². The minimum absolute atomic E-state index is 0.0836. The highest BCUT2D eigenvalue weighted by atomic mass is 16.3. The molecule has 1 saturated carbocycles. The highest BCUT2D eigenvalue weighted by molar-refractivity contribution is 5.76. The largest absolute Gasteiger partial charge is 0.386 e. The zero-order chi connectivity index (χ0) is 16.1. The minimum Gasteiger partial charge on any atom is -0.386 e. The van der Waals surface area contributed by atoms with Crippen molar-refractivity contribution in [3.05, 3.63) is 24.4 Å². The number of rotatable bonds is 5. The first-order valence-corrected chi connectivity index (χ1v) is 8.80. The van der Waals surface area contributed by atoms with Gasteiger partial charge in [0.2, 0.25) is 5.91 Å². The zero-order valence-corrected chi connectivity index (χ0v) is 13.7. The predicted molar refractivity (Wildman–Crippen MR) is 90.2 cm³/mol. The summed E-state index contributed by atoms with van der Waals surface area (Å²) in [6.07, 6.45) is 8.86. The van der Waals surface area contributed by atoms with Gasteiger partial charge in [-0.05, 0) is 43.7 Å². The number of aliphatic hydroxyl groups is 1. The number of carbonyl (C=O) groups is 1. The van der Waals surface area contributed by atoms with E-state index in [1.54, 1.807) is 6.20 Å². The number of hydrogen-bond acceptors (Lipinski definition) is 4. The molecule has 3 rings (SSSR count). The molecule has 1 amide bonds. The van der Waals surface area contributed by atoms with Crippen LogP contribution in [-0.2, 0) is 4.79 Å². The van der Waals surface area contributed by atoms with Gasteiger partial charge in [-0.3, -0.25) is 4.79 Å². The molecule has 1 aliphatic heterocycles. The molecule has 0 bridgehead atoms. The molecule has 2 aliphatic rings. The number of piperidine rings is 1. The van der Waals surface area contributed by atoms with E-state index < -0.39 is 5.60 Å². The van der Waals surface area contributed by atoms with Crippen molar-refractivity contribution in [1.29, 1.82) is 0 Å². The van der Waals surface area contributed by atoms with Crippen molar-refractivity contribution in [3.63, 3.8) is 0 Å². The predicted octanol–water partition coefficient (Wildman–Crippen LogP) is 2.11. The molecule has 1 atom stereocenters. The lowest BCUT2D eigenvalue weighted by Crippen LogP contribution is -2.54. The summed E-state index contributed by atoms with van der Waals surface area (Å²) in [6.45, 7) is 1.75. The number of β-amino-alcohol motifs (C(OH)–C–C–N with tert-alkyl or cyclic N) is 1. The Bertz CT molecular complexity index is 516. The Balaban J connectivity index is 1.50. The van der Waals surface area contributed by atoms with Crippen molar-refractivity contribution in [1.82, 2.24) is 10.3 Å². The number of nitrogens with zero attached hydrogens (tertiary/aromatic N) is 2. The number of aromatic nitrogens is 1. The summed E-state index contributed by atoms with van der Waals surface area (Å²) in [5.74, 6) is 1.52. The van der Waals surface area contributed by atoms with Crippen LogP contribution in [0.4, 0.5) is 5.82 Å². The molecule has 5 nitrogen and oxygen atoms in total. The van der Waals surface area contributed by atoms with Crippen LogP contribution in [0.15, 0.2) is 24.4 Å². The van der Waals surface area contributed by atoms with Gasteiger partial charge in [0, 0.05) is 32.3 Å². The van der Waals surface area contributed by atoms with Gasteiger partial charge in [-0.1, -0.05) is 18.9 Å². The van der Waals surface area contributed by atoms with E-state index in [1.165, 1.54) is 25.7 Å². The Morgan fingerprint density at radius 3 is 2.91 bits per heavy atom. The fourth-order valence-corrected chi connectivity index (χ4v) is 3.80. The maximum Gasteiger partial charge on any atom is 0.220 e. The molecule has 0 spiro atoms. The minimum atomic E-state index is -0.860. The lowest BCUT2D eigenvalue weighted by atomic mass is 9.92. The lowest BCUT2D eigenvalue weighted by Gasteiger charge is -2.40. The highest BCUT2D eigenvalue weighted by Crippen LogP contribution is 2.28. The Morgan fingerprint density at radius 1 is 1.35 bits per heavy atom. The van der Waals surface area contributed by atoms with Gasteiger partial charge < -0.3 is 15.3 Å². The van der Waals surface area contributed by atoms with Crippen LogP contribution in [0.5, 0.6) is 0 Å². The average molecular weight is 317 g/mol. The van der Waals surface area contributed by atoms with Crippen LogP contribution < -0.4 is 10.2 Å². The van der Waals surface area contributed by atoms with Crippen molar-refractivity contribution in [2.24, 2.45) is 5.92 Å². The first-order valence-electron chi connectivity index (χ1n) is 8.80. The molecule has 1 aromatic rings. The monoisotopic (exact) mass is 317 g/mol. The first kappa shape index (κ1) is 16.2. The van der Waals surface area contributed by atoms with Crippen molar-refractivity contribution >= 4 is 11.7 Å². The Morgan fingerprint density at radius 2 is 2.17 bits per heavy atom. The van der Waals surface area contributed by atoms with E-state index in [-0.39, 0.29) is 5.91 Å². The van der Waals surface area contributed by atoms with Crippen LogP contribution in [0.3, 0.4) is 0 Å². The molecule has 5 heteroatoms. The third-order valence-corrected chi connectivity index (χ3v) is 5.09. The van der Waals surface area contributed by atoms with E-state index in [0.717, 1.165) is 25.2 Å². The first-order chi connectivity index (χ1) is 11.1. The van der Waals surface area contributed by atoms with E-state index in [4.69, 9.17) is 0 Å². The van der Waals surface area contributed by atoms with Gasteiger partial charge in [0.25, 0.3) is 0 Å². The molecular formula is C18H27N3O2. The Hall–Kier alpha value is -1.62. The number of anilines is 1. The summed E-state index contributed by atoms with van der Waals surface area (Å²) in [6, 6.07) is 5.81. The molecule has 2 fully saturated rings. The summed E-state index contributed by atoms with van der Waals surface area (Å²) in [7, 11) is 0. The second kappa shape index (κ2) is 7.30. The second-order valence-electron chi connectivity index (χ2n) is 7.07. The molecule has 1 aromatic heterocycles. The SMILES string of the molecule is O=C(CC1CCCC1)NC[C@@]1(O)CCCN(c2ccccn2)C1. The standard InChI is InChI=1S/C18H27N3O2/c22-17(12-15-6-1-2-7-15)20-13-18(23)9-5-11-21(14-18)16-8-3-4-10-19-16/h3-4,8,10,15,23H,1-2,5-7,9,11-14H2,(H,20,22)/t18-/m0/s1. The molecule has 126 valence electrons. The van der Waals surface area contributed by atoms with Crippen LogP contribution in [0.2, 0.25) is 0 Å². The van der Waals surface area contributed by atoms with Crippen molar-refractivity contribution in [2.75, 3.05) is 24.5 Å². The van der Waals surface area contributed by atoms with Gasteiger partial charge >= 0.3 is 0 Å². The van der Waals surface area contributed by atoms with Crippen molar-refractivity contribution in [3.8, 4) is 0 Å². The van der Waals surface area contributed by atoms with E-state index in [9.17, 15) is 9.90 Å². The number of hydrogen-bond donors (Lipinski definition) is 2. The zero-order valence-electron chi connectivity index (χ0n) is 13.7. The highest BCUT2D eigenvalue weighted by Gasteiger charge is 2.34. The summed E-state index contributed by atoms with van der Waals surface area (Å²) in [5, 5.41) is 13.8. The van der Waals surface area contributed by atoms with Gasteiger partial charge in [-0.15, -0.1) is 0 Å². The van der Waals surface area contributed by atoms with Crippen molar-refractivity contribution < 1.29 is 9.90 Å². The van der Waals surface area contributed by atoms with Gasteiger partial charge in [-0.25, -0.2) is 4.98 Å². The van der Waals surface area contributed by atoms with E-state index in [0.29, 0.717) is 25.4 Å². The molecule has 2 N–H and O–H groups in total. The lowest BCUT2D eigenvalue weighted by molar-refractivity contribution is -0.123. The van der Waals surface area contributed by atoms with E-state index >= 15 is 0 Å². The summed E-state index contributed by atoms with van der Waals surface area (Å²) >= 11 is 0. The summed E-state index contributed by atoms with van der Waals surface area (Å²) in [4.78, 5) is 18.6. The molecule has 1 aliphatic carbocycles. The second-order valence-corrected chi connectivity index (χ2v) is 7.07. The number of amides is 1. The van der Waals surface area contributed by atoms with Crippen LogP contribution in [0.25, 0.3) is 0 Å². The summed E-state index contributed by atoms with van der Waals surface area (Å²) in [5.41, 5.74) is -0.860. The quantitative estimate of drug-likeness (QED) is 0.873. The molecule has 0 radical (unpaired) electrons. The molecule has 23 heavy (non-hydrogen) atoms. The molecule has 1 saturated heterocycles. The van der Waals surface area contributed by atoms with Gasteiger partial charge in [0.15, 0.2) is 0 Å². The molecule has 0 unspecified atom stereocenters. The van der Waals surface area contributed by atoms with E-state index in [2.05, 4.69) is 15.2 Å². The van der Waals surface area contributed by atoms with Gasteiger partial charge in [-0.2, -0.15) is 0 Å². The average Bonchev–Trinajstić information content (AvgIpc) is 3.07. The van der Waals surface area contributed by atoms with Crippen LogP contribution in [-0.4, -0.2) is 41.2 Å². The number of carbonyl (C=O) groups excluding carboxylic acids is 1. The van der Waals surface area contributed by atoms with Crippen LogP contribution in [0, 0.1) is 5.92 Å².